The number of hydrogen-bond acceptors (Lipinski definition) is 6. The summed E-state index contributed by atoms with van der Waals surface area (Å²) in [6.07, 6.45) is 3.68. The number of amides is 1. The molecule has 0 saturated carbocycles. The zero-order chi connectivity index (χ0) is 17.8. The predicted molar refractivity (Wildman–Crippen MR) is 94.0 cm³/mol. The SMILES string of the molecule is CNC(=O)CN1CCC[C@@H](c2nnc(CN3CCC(O)CC3)n2C)C1. The number of likely N-dealkylation sites (N-methyl/N-ethyl adjacent to an activating group) is 1. The van der Waals surface area contributed by atoms with Crippen LogP contribution < -0.4 is 5.32 Å². The van der Waals surface area contributed by atoms with Crippen molar-refractivity contribution in [1.29, 1.82) is 0 Å². The molecule has 0 spiro atoms. The number of nitrogens with one attached hydrogen (secondary N) is 1. The van der Waals surface area contributed by atoms with Gasteiger partial charge in [-0.2, -0.15) is 0 Å². The minimum Gasteiger partial charge on any atom is -0.393 e. The fourth-order valence-corrected chi connectivity index (χ4v) is 3.84. The van der Waals surface area contributed by atoms with Crippen LogP contribution in [0.3, 0.4) is 0 Å². The lowest BCUT2D eigenvalue weighted by Crippen LogP contribution is -2.41. The van der Waals surface area contributed by atoms with Crippen LogP contribution in [0.1, 0.15) is 43.3 Å². The van der Waals surface area contributed by atoms with E-state index >= 15 is 0 Å². The van der Waals surface area contributed by atoms with E-state index in [4.69, 9.17) is 0 Å². The van der Waals surface area contributed by atoms with Crippen molar-refractivity contribution in [3.8, 4) is 0 Å². The third-order valence-electron chi connectivity index (χ3n) is 5.44. The molecule has 1 aromatic rings. The van der Waals surface area contributed by atoms with Gasteiger partial charge in [0.1, 0.15) is 11.6 Å². The lowest BCUT2D eigenvalue weighted by molar-refractivity contribution is -0.122. The van der Waals surface area contributed by atoms with E-state index < -0.39 is 0 Å². The molecule has 2 N–H and O–H groups in total. The maximum absolute atomic E-state index is 11.6. The normalized spacial score (nSPS) is 23.7. The first-order valence-electron chi connectivity index (χ1n) is 9.28. The van der Waals surface area contributed by atoms with Gasteiger partial charge in [-0.3, -0.25) is 14.6 Å². The van der Waals surface area contributed by atoms with Gasteiger partial charge in [0.05, 0.1) is 19.2 Å². The van der Waals surface area contributed by atoms with Gasteiger partial charge in [-0.05, 0) is 32.2 Å². The molecule has 0 radical (unpaired) electrons. The molecule has 2 fully saturated rings. The third-order valence-corrected chi connectivity index (χ3v) is 5.44. The zero-order valence-corrected chi connectivity index (χ0v) is 15.3. The average Bonchev–Trinajstić information content (AvgIpc) is 2.98. The Morgan fingerprint density at radius 3 is 2.68 bits per heavy atom. The van der Waals surface area contributed by atoms with E-state index in [1.54, 1.807) is 7.05 Å². The van der Waals surface area contributed by atoms with Crippen molar-refractivity contribution in [1.82, 2.24) is 29.9 Å². The van der Waals surface area contributed by atoms with Gasteiger partial charge in [0, 0.05) is 39.6 Å². The van der Waals surface area contributed by atoms with Gasteiger partial charge in [-0.25, -0.2) is 0 Å². The van der Waals surface area contributed by atoms with E-state index in [-0.39, 0.29) is 12.0 Å². The highest BCUT2D eigenvalue weighted by molar-refractivity contribution is 5.77. The number of aliphatic hydroxyl groups excluding tert-OH is 1. The standard InChI is InChI=1S/C17H30N6O2/c1-18-16(25)12-23-7-3-4-13(10-23)17-20-19-15(21(17)2)11-22-8-5-14(24)6-9-22/h13-14,24H,3-12H2,1-2H3,(H,18,25)/t13-/m1/s1. The first-order chi connectivity index (χ1) is 12.1. The van der Waals surface area contributed by atoms with E-state index in [9.17, 15) is 9.90 Å². The van der Waals surface area contributed by atoms with Crippen LogP contribution >= 0.6 is 0 Å². The Kier molecular flexibility index (Phi) is 6.03. The Morgan fingerprint density at radius 1 is 1.20 bits per heavy atom. The van der Waals surface area contributed by atoms with Crippen molar-refractivity contribution >= 4 is 5.91 Å². The lowest BCUT2D eigenvalue weighted by atomic mass is 9.97. The second-order valence-corrected chi connectivity index (χ2v) is 7.29. The van der Waals surface area contributed by atoms with Crippen LogP contribution in [0, 0.1) is 0 Å². The highest BCUT2D eigenvalue weighted by Crippen LogP contribution is 2.26. The number of rotatable bonds is 5. The highest BCUT2D eigenvalue weighted by Gasteiger charge is 2.27. The Bertz CT molecular complexity index is 582. The molecule has 2 aliphatic rings. The molecule has 8 heteroatoms. The highest BCUT2D eigenvalue weighted by atomic mass is 16.3. The summed E-state index contributed by atoms with van der Waals surface area (Å²) in [5, 5.41) is 21.2. The smallest absolute Gasteiger partial charge is 0.233 e. The quantitative estimate of drug-likeness (QED) is 0.758. The van der Waals surface area contributed by atoms with Crippen molar-refractivity contribution < 1.29 is 9.90 Å². The lowest BCUT2D eigenvalue weighted by Gasteiger charge is -2.31. The van der Waals surface area contributed by atoms with Crippen LogP contribution in [0.5, 0.6) is 0 Å². The van der Waals surface area contributed by atoms with Gasteiger partial charge < -0.3 is 15.0 Å². The molecule has 1 amide bonds. The summed E-state index contributed by atoms with van der Waals surface area (Å²) in [5.74, 6) is 2.39. The number of hydrogen-bond donors (Lipinski definition) is 2. The molecule has 2 aliphatic heterocycles. The number of aliphatic hydroxyl groups is 1. The Balaban J connectivity index is 1.61. The van der Waals surface area contributed by atoms with Crippen molar-refractivity contribution in [3.63, 3.8) is 0 Å². The summed E-state index contributed by atoms with van der Waals surface area (Å²) < 4.78 is 2.12. The van der Waals surface area contributed by atoms with Crippen LogP contribution in [-0.2, 0) is 18.4 Å². The second kappa shape index (κ2) is 8.25. The molecular weight excluding hydrogens is 320 g/mol. The van der Waals surface area contributed by atoms with Crippen molar-refractivity contribution in [2.75, 3.05) is 39.8 Å². The van der Waals surface area contributed by atoms with Crippen LogP contribution in [0.4, 0.5) is 0 Å². The molecule has 0 bridgehead atoms. The van der Waals surface area contributed by atoms with Crippen LogP contribution in [-0.4, -0.2) is 81.5 Å². The minimum absolute atomic E-state index is 0.0617. The Hall–Kier alpha value is -1.51. The summed E-state index contributed by atoms with van der Waals surface area (Å²) in [4.78, 5) is 16.2. The van der Waals surface area contributed by atoms with E-state index in [1.165, 1.54) is 0 Å². The van der Waals surface area contributed by atoms with Crippen molar-refractivity contribution in [2.24, 2.45) is 7.05 Å². The summed E-state index contributed by atoms with van der Waals surface area (Å²) >= 11 is 0. The molecule has 140 valence electrons. The van der Waals surface area contributed by atoms with Crippen molar-refractivity contribution in [3.05, 3.63) is 11.6 Å². The number of nitrogens with zero attached hydrogens (tertiary/aromatic N) is 5. The number of piperidine rings is 2. The number of carbonyl (C=O) groups excluding carboxylic acids is 1. The van der Waals surface area contributed by atoms with Gasteiger partial charge in [0.15, 0.2) is 0 Å². The maximum Gasteiger partial charge on any atom is 0.233 e. The Morgan fingerprint density at radius 2 is 1.96 bits per heavy atom. The molecule has 3 rings (SSSR count). The maximum atomic E-state index is 11.6. The van der Waals surface area contributed by atoms with Crippen LogP contribution in [0.25, 0.3) is 0 Å². The van der Waals surface area contributed by atoms with Crippen LogP contribution in [0.2, 0.25) is 0 Å². The number of likely N-dealkylation sites (tertiary alicyclic amines) is 2. The molecular formula is C17H30N6O2. The number of carbonyl (C=O) groups is 1. The van der Waals surface area contributed by atoms with Gasteiger partial charge in [0.2, 0.25) is 5.91 Å². The van der Waals surface area contributed by atoms with Crippen molar-refractivity contribution in [2.45, 2.75) is 44.2 Å². The van der Waals surface area contributed by atoms with Gasteiger partial charge >= 0.3 is 0 Å². The monoisotopic (exact) mass is 350 g/mol. The summed E-state index contributed by atoms with van der Waals surface area (Å²) in [6, 6.07) is 0. The minimum atomic E-state index is -0.153. The molecule has 25 heavy (non-hydrogen) atoms. The van der Waals surface area contributed by atoms with E-state index in [0.29, 0.717) is 12.5 Å². The number of aromatic nitrogens is 3. The molecule has 0 aliphatic carbocycles. The summed E-state index contributed by atoms with van der Waals surface area (Å²) in [5.41, 5.74) is 0. The zero-order valence-electron chi connectivity index (χ0n) is 15.3. The molecule has 8 nitrogen and oxygen atoms in total. The van der Waals surface area contributed by atoms with Gasteiger partial charge in [0.25, 0.3) is 0 Å². The first kappa shape index (κ1) is 18.3. The molecule has 0 unspecified atom stereocenters. The van der Waals surface area contributed by atoms with Gasteiger partial charge in [-0.15, -0.1) is 10.2 Å². The third kappa shape index (κ3) is 4.56. The summed E-state index contributed by atoms with van der Waals surface area (Å²) in [7, 11) is 3.72. The molecule has 1 atom stereocenters. The van der Waals surface area contributed by atoms with E-state index in [0.717, 1.165) is 70.1 Å². The predicted octanol–water partition coefficient (Wildman–Crippen LogP) is -0.303. The largest absolute Gasteiger partial charge is 0.393 e. The van der Waals surface area contributed by atoms with Crippen LogP contribution in [0.15, 0.2) is 0 Å². The fourth-order valence-electron chi connectivity index (χ4n) is 3.84. The van der Waals surface area contributed by atoms with E-state index in [1.807, 2.05) is 7.05 Å². The first-order valence-corrected chi connectivity index (χ1v) is 9.28. The molecule has 2 saturated heterocycles. The average molecular weight is 350 g/mol. The fraction of sp³-hybridized carbons (Fsp3) is 0.824. The topological polar surface area (TPSA) is 86.5 Å². The second-order valence-electron chi connectivity index (χ2n) is 7.29. The Labute approximate surface area is 149 Å². The van der Waals surface area contributed by atoms with E-state index in [2.05, 4.69) is 29.9 Å². The molecule has 1 aromatic heterocycles. The summed E-state index contributed by atoms with van der Waals surface area (Å²) in [6.45, 7) is 4.87. The molecule has 3 heterocycles. The molecule has 0 aromatic carbocycles. The van der Waals surface area contributed by atoms with Gasteiger partial charge in [-0.1, -0.05) is 0 Å².